The van der Waals surface area contributed by atoms with Crippen LogP contribution >= 0.6 is 11.6 Å². The molecule has 0 unspecified atom stereocenters. The molecule has 0 fully saturated rings. The molecule has 4 nitrogen and oxygen atoms in total. The van der Waals surface area contributed by atoms with Crippen molar-refractivity contribution in [2.45, 2.75) is 19.6 Å². The second-order valence-electron chi connectivity index (χ2n) is 6.30. The number of carbonyl (C=O) groups is 1. The number of hydrogen-bond donors (Lipinski definition) is 1. The molecule has 0 bridgehead atoms. The largest absolute Gasteiger partial charge is 0.489 e. The van der Waals surface area contributed by atoms with Crippen molar-refractivity contribution in [3.63, 3.8) is 0 Å². The Morgan fingerprint density at radius 3 is 2.38 bits per heavy atom. The van der Waals surface area contributed by atoms with Crippen LogP contribution in [0, 0.1) is 0 Å². The zero-order valence-electron chi connectivity index (χ0n) is 15.3. The van der Waals surface area contributed by atoms with Crippen molar-refractivity contribution < 1.29 is 23.0 Å². The number of rotatable bonds is 8. The van der Waals surface area contributed by atoms with Gasteiger partial charge in [0.15, 0.2) is 0 Å². The van der Waals surface area contributed by atoms with Gasteiger partial charge in [-0.3, -0.25) is 4.79 Å². The molecule has 29 heavy (non-hydrogen) atoms. The Balaban J connectivity index is 1.79. The average molecular weight is 418 g/mol. The van der Waals surface area contributed by atoms with Gasteiger partial charge in [0.2, 0.25) is 5.91 Å². The molecule has 0 aromatic heterocycles. The van der Waals surface area contributed by atoms with Crippen molar-refractivity contribution >= 4 is 17.5 Å². The quantitative estimate of drug-likeness (QED) is 0.547. The van der Waals surface area contributed by atoms with Gasteiger partial charge in [0.25, 0.3) is 0 Å². The minimum atomic E-state index is -2.94. The number of ether oxygens (including phenoxy) is 2. The van der Waals surface area contributed by atoms with Crippen molar-refractivity contribution in [3.05, 3.63) is 82.9 Å². The Bertz CT molecular complexity index is 994. The first kappa shape index (κ1) is 20.6. The fourth-order valence-electron chi connectivity index (χ4n) is 2.82. The maximum atomic E-state index is 12.8. The van der Waals surface area contributed by atoms with Gasteiger partial charge in [0, 0.05) is 10.6 Å². The Morgan fingerprint density at radius 1 is 1.00 bits per heavy atom. The third-order valence-corrected chi connectivity index (χ3v) is 4.34. The molecule has 0 aliphatic carbocycles. The number of primary amides is 1. The lowest BCUT2D eigenvalue weighted by atomic mass is 10.0. The number of alkyl halides is 2. The third kappa shape index (κ3) is 5.93. The summed E-state index contributed by atoms with van der Waals surface area (Å²) in [5, 5.41) is 0.489. The van der Waals surface area contributed by atoms with Crippen LogP contribution in [0.3, 0.4) is 0 Å². The van der Waals surface area contributed by atoms with E-state index in [2.05, 4.69) is 4.74 Å². The molecule has 0 aliphatic heterocycles. The molecule has 0 saturated carbocycles. The molecule has 0 saturated heterocycles. The van der Waals surface area contributed by atoms with Gasteiger partial charge in [-0.1, -0.05) is 41.9 Å². The van der Waals surface area contributed by atoms with Crippen molar-refractivity contribution in [3.8, 4) is 22.6 Å². The summed E-state index contributed by atoms with van der Waals surface area (Å²) < 4.78 is 36.0. The molecule has 7 heteroatoms. The molecule has 2 N–H and O–H groups in total. The summed E-state index contributed by atoms with van der Waals surface area (Å²) in [6.07, 6.45) is 0.162. The van der Waals surface area contributed by atoms with Gasteiger partial charge in [-0.05, 0) is 53.1 Å². The van der Waals surface area contributed by atoms with E-state index in [0.717, 1.165) is 11.1 Å². The maximum absolute atomic E-state index is 12.8. The first-order valence-electron chi connectivity index (χ1n) is 8.74. The van der Waals surface area contributed by atoms with E-state index in [9.17, 15) is 13.6 Å². The van der Waals surface area contributed by atoms with Crippen LogP contribution in [-0.2, 0) is 17.8 Å². The Kier molecular flexibility index (Phi) is 6.67. The van der Waals surface area contributed by atoms with Gasteiger partial charge in [-0.25, -0.2) is 0 Å². The van der Waals surface area contributed by atoms with Gasteiger partial charge < -0.3 is 15.2 Å². The Labute approximate surface area is 171 Å². The Hall–Kier alpha value is -3.12. The van der Waals surface area contributed by atoms with Crippen LogP contribution in [0.25, 0.3) is 11.1 Å². The van der Waals surface area contributed by atoms with E-state index in [0.29, 0.717) is 21.9 Å². The van der Waals surface area contributed by atoms with Crippen molar-refractivity contribution in [2.75, 3.05) is 0 Å². The van der Waals surface area contributed by atoms with Gasteiger partial charge >= 0.3 is 6.61 Å². The molecule has 0 heterocycles. The van der Waals surface area contributed by atoms with Gasteiger partial charge in [0.05, 0.1) is 6.42 Å². The molecule has 0 radical (unpaired) electrons. The van der Waals surface area contributed by atoms with E-state index in [1.54, 1.807) is 60.7 Å². The highest BCUT2D eigenvalue weighted by atomic mass is 35.5. The summed E-state index contributed by atoms with van der Waals surface area (Å²) in [7, 11) is 0. The lowest BCUT2D eigenvalue weighted by molar-refractivity contribution is -0.117. The smallest absolute Gasteiger partial charge is 0.387 e. The SMILES string of the molecule is NC(=O)Cc1ccc(OCc2ccc(OC(F)F)c(-c3cccc(Cl)c3)c2)cc1. The second kappa shape index (κ2) is 9.39. The summed E-state index contributed by atoms with van der Waals surface area (Å²) in [5.41, 5.74) is 7.88. The normalized spacial score (nSPS) is 10.8. The fraction of sp³-hybridized carbons (Fsp3) is 0.136. The molecular weight excluding hydrogens is 400 g/mol. The van der Waals surface area contributed by atoms with E-state index in [-0.39, 0.29) is 18.8 Å². The van der Waals surface area contributed by atoms with Crippen LogP contribution in [0.1, 0.15) is 11.1 Å². The number of hydrogen-bond acceptors (Lipinski definition) is 3. The molecular formula is C22H18ClF2NO3. The minimum absolute atomic E-state index is 0.0572. The zero-order chi connectivity index (χ0) is 20.8. The third-order valence-electron chi connectivity index (χ3n) is 4.10. The highest BCUT2D eigenvalue weighted by molar-refractivity contribution is 6.30. The summed E-state index contributed by atoms with van der Waals surface area (Å²) >= 11 is 6.04. The van der Waals surface area contributed by atoms with Crippen molar-refractivity contribution in [1.29, 1.82) is 0 Å². The highest BCUT2D eigenvalue weighted by Gasteiger charge is 2.13. The van der Waals surface area contributed by atoms with E-state index in [4.69, 9.17) is 22.1 Å². The van der Waals surface area contributed by atoms with Gasteiger partial charge in [-0.15, -0.1) is 0 Å². The molecule has 3 rings (SSSR count). The molecule has 0 aliphatic rings. The van der Waals surface area contributed by atoms with Crippen LogP contribution in [0.15, 0.2) is 66.7 Å². The van der Waals surface area contributed by atoms with Crippen molar-refractivity contribution in [2.24, 2.45) is 5.73 Å². The summed E-state index contributed by atoms with van der Waals surface area (Å²) in [4.78, 5) is 11.0. The second-order valence-corrected chi connectivity index (χ2v) is 6.73. The predicted molar refractivity (Wildman–Crippen MR) is 107 cm³/mol. The molecule has 150 valence electrons. The fourth-order valence-corrected chi connectivity index (χ4v) is 3.01. The zero-order valence-corrected chi connectivity index (χ0v) is 16.0. The average Bonchev–Trinajstić information content (AvgIpc) is 2.67. The Morgan fingerprint density at radius 2 is 1.72 bits per heavy atom. The molecule has 0 spiro atoms. The topological polar surface area (TPSA) is 61.6 Å². The number of nitrogens with two attached hydrogens (primary N) is 1. The first-order chi connectivity index (χ1) is 13.9. The minimum Gasteiger partial charge on any atom is -0.489 e. The van der Waals surface area contributed by atoms with Crippen LogP contribution in [0.5, 0.6) is 11.5 Å². The van der Waals surface area contributed by atoms with E-state index in [1.807, 2.05) is 0 Å². The summed E-state index contributed by atoms with van der Waals surface area (Å²) in [5.74, 6) is 0.260. The lowest BCUT2D eigenvalue weighted by Gasteiger charge is -2.14. The molecule has 3 aromatic carbocycles. The number of halogens is 3. The standard InChI is InChI=1S/C22H18ClF2NO3/c23-17-3-1-2-16(12-17)19-10-15(6-9-20(19)29-22(24)25)13-28-18-7-4-14(5-8-18)11-21(26)27/h1-10,12,22H,11,13H2,(H2,26,27). The summed E-state index contributed by atoms with van der Waals surface area (Å²) in [6, 6.07) is 18.8. The molecule has 1 amide bonds. The van der Waals surface area contributed by atoms with Crippen LogP contribution in [0.4, 0.5) is 8.78 Å². The predicted octanol–water partition coefficient (Wildman–Crippen LogP) is 5.22. The van der Waals surface area contributed by atoms with E-state index >= 15 is 0 Å². The van der Waals surface area contributed by atoms with Crippen LogP contribution in [-0.4, -0.2) is 12.5 Å². The molecule has 0 atom stereocenters. The van der Waals surface area contributed by atoms with E-state index in [1.165, 1.54) is 6.07 Å². The van der Waals surface area contributed by atoms with Gasteiger partial charge in [0.1, 0.15) is 18.1 Å². The highest BCUT2D eigenvalue weighted by Crippen LogP contribution is 2.33. The first-order valence-corrected chi connectivity index (χ1v) is 9.12. The molecule has 3 aromatic rings. The maximum Gasteiger partial charge on any atom is 0.387 e. The number of carbonyl (C=O) groups excluding carboxylic acids is 1. The van der Waals surface area contributed by atoms with E-state index < -0.39 is 12.5 Å². The number of amides is 1. The number of benzene rings is 3. The van der Waals surface area contributed by atoms with Crippen molar-refractivity contribution in [1.82, 2.24) is 0 Å². The monoisotopic (exact) mass is 417 g/mol. The van der Waals surface area contributed by atoms with Crippen LogP contribution in [0.2, 0.25) is 5.02 Å². The lowest BCUT2D eigenvalue weighted by Crippen LogP contribution is -2.13. The van der Waals surface area contributed by atoms with Crippen LogP contribution < -0.4 is 15.2 Å². The van der Waals surface area contributed by atoms with Gasteiger partial charge in [-0.2, -0.15) is 8.78 Å². The summed E-state index contributed by atoms with van der Waals surface area (Å²) in [6.45, 7) is -2.72.